The Morgan fingerprint density at radius 2 is 1.38 bits per heavy atom. The maximum absolute atomic E-state index is 12.3. The van der Waals surface area contributed by atoms with Gasteiger partial charge in [-0.3, -0.25) is 30.5 Å². The van der Waals surface area contributed by atoms with Gasteiger partial charge >= 0.3 is 0 Å². The summed E-state index contributed by atoms with van der Waals surface area (Å²) in [5, 5.41) is 2.75. The molecule has 2 aromatic carbocycles. The normalized spacial score (nSPS) is 9.59. The standard InChI is InChI=1S/C21H24N4O4S2.C3H8/c1-24(20(30)14-8-6-5-7-9-14)22-18(26)13-19(27)23-25(2)21(31)16-12-15(28-3)10-11-17(16)29-4;1-3-2/h5-12H,13H2,1-4H3,(H,22,26)(H,23,27);3H2,1-2H3. The lowest BCUT2D eigenvalue weighted by molar-refractivity contribution is -0.132. The Bertz CT molecular complexity index is 986. The molecule has 0 aliphatic carbocycles. The third-order valence-electron chi connectivity index (χ3n) is 4.17. The largest absolute Gasteiger partial charge is 0.497 e. The molecule has 0 aliphatic heterocycles. The van der Waals surface area contributed by atoms with E-state index in [2.05, 4.69) is 24.7 Å². The minimum absolute atomic E-state index is 0.298. The summed E-state index contributed by atoms with van der Waals surface area (Å²) in [4.78, 5) is 25.3. The highest BCUT2D eigenvalue weighted by molar-refractivity contribution is 7.80. The number of carbonyl (C=O) groups is 2. The molecule has 0 aliphatic rings. The molecule has 8 nitrogen and oxygen atoms in total. The zero-order valence-electron chi connectivity index (χ0n) is 20.4. The fraction of sp³-hybridized carbons (Fsp3) is 0.333. The van der Waals surface area contributed by atoms with Crippen LogP contribution in [0.5, 0.6) is 11.5 Å². The number of amides is 2. The molecule has 0 aromatic heterocycles. The highest BCUT2D eigenvalue weighted by Crippen LogP contribution is 2.25. The van der Waals surface area contributed by atoms with Gasteiger partial charge in [0.25, 0.3) is 0 Å². The molecular formula is C24H32N4O4S2. The third-order valence-corrected chi connectivity index (χ3v) is 5.18. The molecule has 2 amide bonds. The van der Waals surface area contributed by atoms with Crippen LogP contribution < -0.4 is 20.3 Å². The molecule has 2 rings (SSSR count). The quantitative estimate of drug-likeness (QED) is 0.352. The lowest BCUT2D eigenvalue weighted by atomic mass is 10.2. The maximum atomic E-state index is 12.3. The van der Waals surface area contributed by atoms with Crippen LogP contribution in [-0.2, 0) is 9.59 Å². The Balaban J connectivity index is 0.00000182. The number of rotatable bonds is 6. The van der Waals surface area contributed by atoms with Crippen molar-refractivity contribution in [3.8, 4) is 11.5 Å². The fourth-order valence-corrected chi connectivity index (χ4v) is 3.02. The summed E-state index contributed by atoms with van der Waals surface area (Å²) in [6.07, 6.45) is 0.837. The number of ether oxygens (including phenoxy) is 2. The van der Waals surface area contributed by atoms with E-state index in [1.165, 1.54) is 23.5 Å². The van der Waals surface area contributed by atoms with Gasteiger partial charge in [0.15, 0.2) is 0 Å². The summed E-state index contributed by atoms with van der Waals surface area (Å²) in [6.45, 7) is 4.25. The summed E-state index contributed by atoms with van der Waals surface area (Å²) >= 11 is 10.8. The molecule has 34 heavy (non-hydrogen) atoms. The molecule has 0 bridgehead atoms. The van der Waals surface area contributed by atoms with Crippen LogP contribution in [0.25, 0.3) is 0 Å². The van der Waals surface area contributed by atoms with E-state index in [4.69, 9.17) is 33.9 Å². The Labute approximate surface area is 212 Å². The Hall–Kier alpha value is -3.24. The fourth-order valence-electron chi connectivity index (χ4n) is 2.64. The summed E-state index contributed by atoms with van der Waals surface area (Å²) in [5.41, 5.74) is 6.50. The number of carbonyl (C=O) groups excluding carboxylic acids is 2. The van der Waals surface area contributed by atoms with Crippen molar-refractivity contribution in [2.45, 2.75) is 26.7 Å². The average Bonchev–Trinajstić information content (AvgIpc) is 2.83. The molecule has 0 fully saturated rings. The Morgan fingerprint density at radius 3 is 1.88 bits per heavy atom. The van der Waals surface area contributed by atoms with E-state index >= 15 is 0 Å². The van der Waals surface area contributed by atoms with E-state index in [1.54, 1.807) is 39.4 Å². The minimum atomic E-state index is -0.539. The van der Waals surface area contributed by atoms with Crippen LogP contribution >= 0.6 is 24.4 Å². The van der Waals surface area contributed by atoms with E-state index in [-0.39, 0.29) is 0 Å². The first-order valence-electron chi connectivity index (χ1n) is 10.6. The molecular weight excluding hydrogens is 472 g/mol. The number of nitrogens with zero attached hydrogens (tertiary/aromatic N) is 2. The van der Waals surface area contributed by atoms with Crippen LogP contribution in [-0.4, -0.2) is 60.1 Å². The molecule has 0 saturated heterocycles. The van der Waals surface area contributed by atoms with E-state index in [1.807, 2.05) is 30.3 Å². The number of hydrazine groups is 2. The number of hydrogen-bond acceptors (Lipinski definition) is 6. The first-order chi connectivity index (χ1) is 16.2. The van der Waals surface area contributed by atoms with Crippen molar-refractivity contribution in [2.75, 3.05) is 28.3 Å². The molecule has 0 spiro atoms. The topological polar surface area (TPSA) is 83.1 Å². The van der Waals surface area contributed by atoms with E-state index in [0.717, 1.165) is 5.56 Å². The molecule has 0 unspecified atom stereocenters. The van der Waals surface area contributed by atoms with Gasteiger partial charge in [0.1, 0.15) is 27.9 Å². The summed E-state index contributed by atoms with van der Waals surface area (Å²) in [6, 6.07) is 14.4. The second kappa shape index (κ2) is 14.8. The predicted molar refractivity (Wildman–Crippen MR) is 142 cm³/mol. The molecule has 0 heterocycles. The van der Waals surface area contributed by atoms with Crippen LogP contribution in [0, 0.1) is 0 Å². The van der Waals surface area contributed by atoms with Gasteiger partial charge in [0.05, 0.1) is 19.8 Å². The van der Waals surface area contributed by atoms with Crippen LogP contribution in [0.1, 0.15) is 37.8 Å². The summed E-state index contributed by atoms with van der Waals surface area (Å²) < 4.78 is 10.5. The second-order valence-corrected chi connectivity index (χ2v) is 7.89. The van der Waals surface area contributed by atoms with E-state index in [9.17, 15) is 9.59 Å². The molecule has 2 N–H and O–H groups in total. The van der Waals surface area contributed by atoms with Gasteiger partial charge in [0.2, 0.25) is 11.8 Å². The average molecular weight is 505 g/mol. The highest BCUT2D eigenvalue weighted by Gasteiger charge is 2.18. The van der Waals surface area contributed by atoms with Gasteiger partial charge in [-0.15, -0.1) is 0 Å². The van der Waals surface area contributed by atoms with Crippen molar-refractivity contribution in [1.82, 2.24) is 20.9 Å². The lowest BCUT2D eigenvalue weighted by Crippen LogP contribution is -2.47. The molecule has 184 valence electrons. The SMILES string of the molecule is CCC.COc1ccc(OC)c(C(=S)N(C)NC(=O)CC(=O)NN(C)C(=S)c2ccccc2)c1. The van der Waals surface area contributed by atoms with Crippen LogP contribution in [0.3, 0.4) is 0 Å². The first kappa shape index (κ1) is 28.8. The third kappa shape index (κ3) is 8.95. The highest BCUT2D eigenvalue weighted by atomic mass is 32.1. The van der Waals surface area contributed by atoms with E-state index < -0.39 is 18.2 Å². The van der Waals surface area contributed by atoms with Crippen molar-refractivity contribution >= 4 is 46.2 Å². The number of nitrogens with one attached hydrogen (secondary N) is 2. The first-order valence-corrected chi connectivity index (χ1v) is 11.4. The molecule has 0 saturated carbocycles. The van der Waals surface area contributed by atoms with E-state index in [0.29, 0.717) is 27.0 Å². The van der Waals surface area contributed by atoms with Gasteiger partial charge in [0, 0.05) is 19.7 Å². The number of methoxy groups -OCH3 is 2. The molecule has 0 atom stereocenters. The van der Waals surface area contributed by atoms with Crippen molar-refractivity contribution in [1.29, 1.82) is 0 Å². The minimum Gasteiger partial charge on any atom is -0.497 e. The van der Waals surface area contributed by atoms with Gasteiger partial charge in [-0.1, -0.05) is 75.0 Å². The van der Waals surface area contributed by atoms with Gasteiger partial charge in [-0.25, -0.2) is 0 Å². The summed E-state index contributed by atoms with van der Waals surface area (Å²) in [7, 11) is 6.25. The van der Waals surface area contributed by atoms with Gasteiger partial charge < -0.3 is 9.47 Å². The monoisotopic (exact) mass is 504 g/mol. The van der Waals surface area contributed by atoms with Crippen molar-refractivity contribution in [2.24, 2.45) is 0 Å². The number of hydrogen-bond donors (Lipinski definition) is 2. The van der Waals surface area contributed by atoms with Gasteiger partial charge in [-0.05, 0) is 18.2 Å². The second-order valence-electron chi connectivity index (χ2n) is 7.11. The lowest BCUT2D eigenvalue weighted by Gasteiger charge is -2.23. The van der Waals surface area contributed by atoms with Crippen LogP contribution in [0.15, 0.2) is 48.5 Å². The zero-order valence-corrected chi connectivity index (χ0v) is 22.0. The number of benzene rings is 2. The molecule has 10 heteroatoms. The van der Waals surface area contributed by atoms with Crippen LogP contribution in [0.4, 0.5) is 0 Å². The van der Waals surface area contributed by atoms with Crippen molar-refractivity contribution < 1.29 is 19.1 Å². The molecule has 0 radical (unpaired) electrons. The zero-order chi connectivity index (χ0) is 25.7. The smallest absolute Gasteiger partial charge is 0.248 e. The van der Waals surface area contributed by atoms with Crippen molar-refractivity contribution in [3.05, 3.63) is 59.7 Å². The van der Waals surface area contributed by atoms with Gasteiger partial charge in [-0.2, -0.15) is 0 Å². The van der Waals surface area contributed by atoms with Crippen molar-refractivity contribution in [3.63, 3.8) is 0 Å². The van der Waals surface area contributed by atoms with Crippen LogP contribution in [0.2, 0.25) is 0 Å². The molecule has 2 aromatic rings. The number of thiocarbonyl (C=S) groups is 2. The Morgan fingerprint density at radius 1 is 0.853 bits per heavy atom. The maximum Gasteiger partial charge on any atom is 0.248 e. The predicted octanol–water partition coefficient (Wildman–Crippen LogP) is 3.49. The Kier molecular flexibility index (Phi) is 12.5. The summed E-state index contributed by atoms with van der Waals surface area (Å²) in [5.74, 6) is 0.0650.